The molecule has 0 spiro atoms. The van der Waals surface area contributed by atoms with Crippen LogP contribution in [0, 0.1) is 0 Å². The lowest BCUT2D eigenvalue weighted by molar-refractivity contribution is 0.323. The minimum atomic E-state index is 0.690. The van der Waals surface area contributed by atoms with Gasteiger partial charge in [0.2, 0.25) is 0 Å². The number of likely N-dealkylation sites (tertiary alicyclic amines) is 1. The second-order valence-electron chi connectivity index (χ2n) is 4.38. The Kier molecular flexibility index (Phi) is 4.65. The zero-order valence-corrected chi connectivity index (χ0v) is 11.3. The third-order valence-corrected chi connectivity index (χ3v) is 4.18. The van der Waals surface area contributed by atoms with Gasteiger partial charge in [-0.2, -0.15) is 0 Å². The average molecular weight is 259 g/mol. The Balaban J connectivity index is 1.76. The van der Waals surface area contributed by atoms with Crippen molar-refractivity contribution >= 4 is 22.9 Å². The molecule has 1 aliphatic heterocycles. The van der Waals surface area contributed by atoms with E-state index in [-0.39, 0.29) is 0 Å². The van der Waals surface area contributed by atoms with Crippen molar-refractivity contribution in [3.05, 3.63) is 21.3 Å². The first-order chi connectivity index (χ1) is 7.78. The Morgan fingerprint density at radius 2 is 2.44 bits per heavy atom. The van der Waals surface area contributed by atoms with Crippen molar-refractivity contribution in [1.82, 2.24) is 10.2 Å². The van der Waals surface area contributed by atoms with Gasteiger partial charge in [-0.05, 0) is 31.5 Å². The maximum Gasteiger partial charge on any atom is 0.0931 e. The van der Waals surface area contributed by atoms with Crippen LogP contribution in [0.15, 0.2) is 12.1 Å². The van der Waals surface area contributed by atoms with Crippen molar-refractivity contribution in [1.29, 1.82) is 0 Å². The second kappa shape index (κ2) is 6.01. The van der Waals surface area contributed by atoms with E-state index < -0.39 is 0 Å². The zero-order chi connectivity index (χ0) is 11.4. The summed E-state index contributed by atoms with van der Waals surface area (Å²) in [5.41, 5.74) is 0. The smallest absolute Gasteiger partial charge is 0.0931 e. The van der Waals surface area contributed by atoms with Gasteiger partial charge in [0.15, 0.2) is 0 Å². The van der Waals surface area contributed by atoms with Crippen molar-refractivity contribution in [2.75, 3.05) is 19.6 Å². The molecule has 1 atom stereocenters. The van der Waals surface area contributed by atoms with E-state index in [1.807, 2.05) is 6.07 Å². The van der Waals surface area contributed by atoms with Gasteiger partial charge >= 0.3 is 0 Å². The highest BCUT2D eigenvalue weighted by Crippen LogP contribution is 2.24. The molecule has 0 aliphatic carbocycles. The number of hydrogen-bond acceptors (Lipinski definition) is 3. The molecule has 0 amide bonds. The molecular weight excluding hydrogens is 240 g/mol. The highest BCUT2D eigenvalue weighted by atomic mass is 35.5. The topological polar surface area (TPSA) is 15.3 Å². The molecule has 1 fully saturated rings. The molecular formula is C12H19ClN2S. The third-order valence-electron chi connectivity index (χ3n) is 2.96. The van der Waals surface area contributed by atoms with E-state index in [9.17, 15) is 0 Å². The maximum atomic E-state index is 5.93. The number of thiophene rings is 1. The summed E-state index contributed by atoms with van der Waals surface area (Å²) >= 11 is 7.63. The van der Waals surface area contributed by atoms with Crippen molar-refractivity contribution in [3.8, 4) is 0 Å². The highest BCUT2D eigenvalue weighted by Gasteiger charge is 2.21. The van der Waals surface area contributed by atoms with Crippen molar-refractivity contribution in [2.45, 2.75) is 32.4 Å². The van der Waals surface area contributed by atoms with Crippen LogP contribution < -0.4 is 5.32 Å². The number of rotatable bonds is 5. The first kappa shape index (κ1) is 12.4. The van der Waals surface area contributed by atoms with Gasteiger partial charge < -0.3 is 5.32 Å². The summed E-state index contributed by atoms with van der Waals surface area (Å²) in [7, 11) is 0. The normalized spacial score (nSPS) is 21.8. The molecule has 2 rings (SSSR count). The number of nitrogens with zero attached hydrogens (tertiary/aromatic N) is 1. The van der Waals surface area contributed by atoms with Gasteiger partial charge in [-0.3, -0.25) is 4.90 Å². The van der Waals surface area contributed by atoms with Gasteiger partial charge in [0.1, 0.15) is 0 Å². The highest BCUT2D eigenvalue weighted by molar-refractivity contribution is 7.16. The molecule has 1 unspecified atom stereocenters. The maximum absolute atomic E-state index is 5.93. The van der Waals surface area contributed by atoms with Crippen LogP contribution in [-0.2, 0) is 6.54 Å². The lowest BCUT2D eigenvalue weighted by Gasteiger charge is -2.15. The summed E-state index contributed by atoms with van der Waals surface area (Å²) in [5.74, 6) is 0. The number of hydrogen-bond donors (Lipinski definition) is 1. The standard InChI is InChI=1S/C12H19ClN2S/c1-2-6-14-10-5-7-15(8-10)9-11-3-4-12(13)16-11/h3-4,10,14H,2,5-9H2,1H3. The van der Waals surface area contributed by atoms with Crippen molar-refractivity contribution in [2.24, 2.45) is 0 Å². The Labute approximate surface area is 107 Å². The van der Waals surface area contributed by atoms with Gasteiger partial charge in [0.05, 0.1) is 4.34 Å². The summed E-state index contributed by atoms with van der Waals surface area (Å²) in [4.78, 5) is 3.89. The molecule has 1 N–H and O–H groups in total. The van der Waals surface area contributed by atoms with Crippen LogP contribution in [0.5, 0.6) is 0 Å². The summed E-state index contributed by atoms with van der Waals surface area (Å²) in [6, 6.07) is 4.82. The van der Waals surface area contributed by atoms with Crippen molar-refractivity contribution < 1.29 is 0 Å². The van der Waals surface area contributed by atoms with Crippen molar-refractivity contribution in [3.63, 3.8) is 0 Å². The van der Waals surface area contributed by atoms with Crippen LogP contribution >= 0.6 is 22.9 Å². The summed E-state index contributed by atoms with van der Waals surface area (Å²) in [5, 5.41) is 3.59. The molecule has 1 aromatic rings. The summed E-state index contributed by atoms with van der Waals surface area (Å²) < 4.78 is 0.898. The molecule has 90 valence electrons. The van der Waals surface area contributed by atoms with Gasteiger partial charge in [-0.25, -0.2) is 0 Å². The molecule has 1 aromatic heterocycles. The van der Waals surface area contributed by atoms with Gasteiger partial charge in [0, 0.05) is 30.6 Å². The SMILES string of the molecule is CCCNC1CCN(Cc2ccc(Cl)s2)C1. The summed E-state index contributed by atoms with van der Waals surface area (Å²) in [6.45, 7) is 6.80. The quantitative estimate of drug-likeness (QED) is 0.874. The van der Waals surface area contributed by atoms with Crippen LogP contribution in [-0.4, -0.2) is 30.6 Å². The Hall–Kier alpha value is -0.0900. The van der Waals surface area contributed by atoms with Crippen LogP contribution in [0.1, 0.15) is 24.6 Å². The summed E-state index contributed by atoms with van der Waals surface area (Å²) in [6.07, 6.45) is 2.50. The number of halogens is 1. The van der Waals surface area contributed by atoms with E-state index in [0.717, 1.165) is 17.4 Å². The fraction of sp³-hybridized carbons (Fsp3) is 0.667. The molecule has 1 aliphatic rings. The first-order valence-corrected chi connectivity index (χ1v) is 7.17. The van der Waals surface area contributed by atoms with E-state index >= 15 is 0 Å². The molecule has 0 bridgehead atoms. The predicted molar refractivity (Wildman–Crippen MR) is 71.3 cm³/mol. The van der Waals surface area contributed by atoms with E-state index in [1.165, 1.54) is 30.8 Å². The zero-order valence-electron chi connectivity index (χ0n) is 9.71. The number of nitrogens with one attached hydrogen (secondary N) is 1. The third kappa shape index (κ3) is 3.45. The van der Waals surface area contributed by atoms with Gasteiger partial charge in [-0.15, -0.1) is 11.3 Å². The Morgan fingerprint density at radius 1 is 1.56 bits per heavy atom. The predicted octanol–water partition coefficient (Wildman–Crippen LogP) is 2.98. The average Bonchev–Trinajstić information content (AvgIpc) is 2.86. The fourth-order valence-corrected chi connectivity index (χ4v) is 3.28. The minimum absolute atomic E-state index is 0.690. The molecule has 2 heterocycles. The fourth-order valence-electron chi connectivity index (χ4n) is 2.15. The van der Waals surface area contributed by atoms with Crippen LogP contribution in [0.2, 0.25) is 4.34 Å². The monoisotopic (exact) mass is 258 g/mol. The van der Waals surface area contributed by atoms with E-state index in [2.05, 4.69) is 23.2 Å². The first-order valence-electron chi connectivity index (χ1n) is 5.98. The molecule has 0 radical (unpaired) electrons. The van der Waals surface area contributed by atoms with E-state index in [1.54, 1.807) is 11.3 Å². The van der Waals surface area contributed by atoms with Crippen LogP contribution in [0.3, 0.4) is 0 Å². The van der Waals surface area contributed by atoms with Crippen LogP contribution in [0.25, 0.3) is 0 Å². The molecule has 4 heteroatoms. The minimum Gasteiger partial charge on any atom is -0.313 e. The molecule has 0 aromatic carbocycles. The lowest BCUT2D eigenvalue weighted by atomic mass is 10.2. The largest absolute Gasteiger partial charge is 0.313 e. The van der Waals surface area contributed by atoms with Gasteiger partial charge in [-0.1, -0.05) is 18.5 Å². The molecule has 1 saturated heterocycles. The molecule has 16 heavy (non-hydrogen) atoms. The molecule has 2 nitrogen and oxygen atoms in total. The van der Waals surface area contributed by atoms with Crippen LogP contribution in [0.4, 0.5) is 0 Å². The lowest BCUT2D eigenvalue weighted by Crippen LogP contribution is -2.32. The molecule has 0 saturated carbocycles. The van der Waals surface area contributed by atoms with Gasteiger partial charge in [0.25, 0.3) is 0 Å². The van der Waals surface area contributed by atoms with E-state index in [0.29, 0.717) is 6.04 Å². The Morgan fingerprint density at radius 3 is 3.12 bits per heavy atom. The second-order valence-corrected chi connectivity index (χ2v) is 6.18. The van der Waals surface area contributed by atoms with E-state index in [4.69, 9.17) is 11.6 Å². The Bertz CT molecular complexity index is 327.